The normalized spacial score (nSPS) is 21.5. The summed E-state index contributed by atoms with van der Waals surface area (Å²) in [5.74, 6) is -0.0402. The Bertz CT molecular complexity index is 530. The predicted octanol–water partition coefficient (Wildman–Crippen LogP) is 1.43. The van der Waals surface area contributed by atoms with Gasteiger partial charge in [0, 0.05) is 22.2 Å². The van der Waals surface area contributed by atoms with Gasteiger partial charge in [0.05, 0.1) is 13.2 Å². The smallest absolute Gasteiger partial charge is 0.160 e. The van der Waals surface area contributed by atoms with Crippen molar-refractivity contribution in [2.45, 2.75) is 25.8 Å². The van der Waals surface area contributed by atoms with Gasteiger partial charge in [0.1, 0.15) is 0 Å². The van der Waals surface area contributed by atoms with Gasteiger partial charge in [0.15, 0.2) is 11.5 Å². The summed E-state index contributed by atoms with van der Waals surface area (Å²) < 4.78 is 56.2. The summed E-state index contributed by atoms with van der Waals surface area (Å²) >= 11 is 0. The van der Waals surface area contributed by atoms with E-state index < -0.39 is 32.4 Å². The van der Waals surface area contributed by atoms with Crippen LogP contribution in [0.5, 0.6) is 11.5 Å². The van der Waals surface area contributed by atoms with E-state index in [0.29, 0.717) is 0 Å². The van der Waals surface area contributed by atoms with Crippen molar-refractivity contribution in [1.29, 1.82) is 0 Å². The molecule has 0 amide bonds. The largest absolute Gasteiger partial charge is 0.504 e. The van der Waals surface area contributed by atoms with Crippen molar-refractivity contribution < 1.29 is 24.5 Å². The minimum atomic E-state index is -3.12. The number of ether oxygens (including phenoxy) is 1. The van der Waals surface area contributed by atoms with Crippen molar-refractivity contribution in [2.75, 3.05) is 13.7 Å². The SMILES string of the molecule is [2H]C([2H])([2H])C([2H])(NCC(O)c1ccc(OC)c(O)c1)C([2H])([2H])[2H]. The molecule has 1 rings (SSSR count). The Balaban J connectivity index is 2.92. The zero-order valence-electron chi connectivity index (χ0n) is 15.8. The lowest BCUT2D eigenvalue weighted by atomic mass is 10.1. The van der Waals surface area contributed by atoms with Gasteiger partial charge in [-0.15, -0.1) is 0 Å². The number of aliphatic hydroxyl groups is 1. The molecule has 1 unspecified atom stereocenters. The van der Waals surface area contributed by atoms with Crippen LogP contribution in [0.15, 0.2) is 18.2 Å². The van der Waals surface area contributed by atoms with Gasteiger partial charge in [0.25, 0.3) is 0 Å². The lowest BCUT2D eigenvalue weighted by molar-refractivity contribution is 0.171. The molecule has 0 saturated carbocycles. The van der Waals surface area contributed by atoms with Gasteiger partial charge >= 0.3 is 0 Å². The Kier molecular flexibility index (Phi) is 2.11. The molecule has 0 aromatic heterocycles. The van der Waals surface area contributed by atoms with Gasteiger partial charge in [-0.1, -0.05) is 19.8 Å². The lowest BCUT2D eigenvalue weighted by Gasteiger charge is -2.15. The number of methoxy groups -OCH3 is 1. The number of aliphatic hydroxyl groups excluding tert-OH is 1. The standard InChI is InChI=1S/C12H19NO3/c1-8(2)13-7-11(15)9-4-5-12(16-3)10(14)6-9/h4-6,8,11,13-15H,7H2,1-3H3/i1D3,2D3,8D. The molecule has 0 spiro atoms. The van der Waals surface area contributed by atoms with Crippen LogP contribution in [0.4, 0.5) is 0 Å². The fourth-order valence-corrected chi connectivity index (χ4v) is 1.23. The summed E-state index contributed by atoms with van der Waals surface area (Å²) in [7, 11) is 1.35. The monoisotopic (exact) mass is 232 g/mol. The molecule has 0 aliphatic heterocycles. The fraction of sp³-hybridized carbons (Fsp3) is 0.500. The molecule has 1 aromatic rings. The third-order valence-electron chi connectivity index (χ3n) is 2.06. The van der Waals surface area contributed by atoms with E-state index in [1.165, 1.54) is 25.3 Å². The molecule has 0 fully saturated rings. The van der Waals surface area contributed by atoms with Crippen molar-refractivity contribution in [3.05, 3.63) is 23.8 Å². The molecule has 0 saturated heterocycles. The maximum atomic E-state index is 10.0. The van der Waals surface area contributed by atoms with Crippen molar-refractivity contribution in [3.8, 4) is 11.5 Å². The molecular weight excluding hydrogens is 206 g/mol. The van der Waals surface area contributed by atoms with Crippen LogP contribution in [0.2, 0.25) is 0 Å². The second-order valence-corrected chi connectivity index (χ2v) is 3.20. The Hall–Kier alpha value is -1.26. The summed E-state index contributed by atoms with van der Waals surface area (Å²) in [5.41, 5.74) is 0.217. The quantitative estimate of drug-likeness (QED) is 0.719. The number of hydrogen-bond donors (Lipinski definition) is 3. The van der Waals surface area contributed by atoms with E-state index in [1.54, 1.807) is 0 Å². The third kappa shape index (κ3) is 3.40. The second kappa shape index (κ2) is 5.72. The van der Waals surface area contributed by atoms with Crippen LogP contribution in [0.25, 0.3) is 0 Å². The van der Waals surface area contributed by atoms with E-state index in [1.807, 2.05) is 0 Å². The number of phenols is 1. The van der Waals surface area contributed by atoms with Crippen LogP contribution in [-0.2, 0) is 0 Å². The number of phenolic OH excluding ortho intramolecular Hbond substituents is 1. The minimum absolute atomic E-state index is 0.189. The van der Waals surface area contributed by atoms with E-state index in [2.05, 4.69) is 5.32 Å². The van der Waals surface area contributed by atoms with Gasteiger partial charge < -0.3 is 20.3 Å². The van der Waals surface area contributed by atoms with Crippen molar-refractivity contribution in [1.82, 2.24) is 5.32 Å². The number of hydrogen-bond acceptors (Lipinski definition) is 4. The highest BCUT2D eigenvalue weighted by atomic mass is 16.5. The molecule has 0 aliphatic rings. The number of nitrogens with one attached hydrogen (secondary N) is 1. The first kappa shape index (κ1) is 5.89. The molecule has 1 aromatic carbocycles. The topological polar surface area (TPSA) is 61.7 Å². The van der Waals surface area contributed by atoms with Crippen molar-refractivity contribution in [2.24, 2.45) is 0 Å². The molecule has 4 nitrogen and oxygen atoms in total. The molecule has 0 radical (unpaired) electrons. The van der Waals surface area contributed by atoms with Crippen molar-refractivity contribution in [3.63, 3.8) is 0 Å². The van der Waals surface area contributed by atoms with Crippen LogP contribution in [-0.4, -0.2) is 29.9 Å². The molecule has 0 aliphatic carbocycles. The fourth-order valence-electron chi connectivity index (χ4n) is 1.23. The average molecular weight is 232 g/mol. The summed E-state index contributed by atoms with van der Waals surface area (Å²) in [6, 6.07) is 1.12. The van der Waals surface area contributed by atoms with Crippen LogP contribution < -0.4 is 10.1 Å². The highest BCUT2D eigenvalue weighted by Gasteiger charge is 2.10. The first-order valence-corrected chi connectivity index (χ1v) is 4.63. The van der Waals surface area contributed by atoms with Gasteiger partial charge in [-0.05, 0) is 17.7 Å². The zero-order valence-corrected chi connectivity index (χ0v) is 8.82. The number of benzene rings is 1. The predicted molar refractivity (Wildman–Crippen MR) is 62.8 cm³/mol. The highest BCUT2D eigenvalue weighted by Crippen LogP contribution is 2.28. The van der Waals surface area contributed by atoms with E-state index in [0.717, 1.165) is 0 Å². The molecule has 0 heterocycles. The maximum absolute atomic E-state index is 10.0. The second-order valence-electron chi connectivity index (χ2n) is 3.20. The summed E-state index contributed by atoms with van der Waals surface area (Å²) in [5, 5.41) is 21.8. The van der Waals surface area contributed by atoms with E-state index in [9.17, 15) is 10.2 Å². The summed E-state index contributed by atoms with van der Waals surface area (Å²) in [4.78, 5) is 0. The average Bonchev–Trinajstić information content (AvgIpc) is 2.41. The number of rotatable bonds is 5. The van der Waals surface area contributed by atoms with Crippen molar-refractivity contribution >= 4 is 0 Å². The first-order chi connectivity index (χ1) is 10.3. The Morgan fingerprint density at radius 2 is 2.31 bits per heavy atom. The number of aromatic hydroxyl groups is 1. The summed E-state index contributed by atoms with van der Waals surface area (Å²) in [6.45, 7) is -6.74. The van der Waals surface area contributed by atoms with E-state index in [4.69, 9.17) is 14.3 Å². The third-order valence-corrected chi connectivity index (χ3v) is 2.06. The minimum Gasteiger partial charge on any atom is -0.504 e. The molecule has 16 heavy (non-hydrogen) atoms. The Morgan fingerprint density at radius 1 is 1.56 bits per heavy atom. The van der Waals surface area contributed by atoms with Gasteiger partial charge in [-0.3, -0.25) is 0 Å². The highest BCUT2D eigenvalue weighted by molar-refractivity contribution is 5.42. The van der Waals surface area contributed by atoms with E-state index >= 15 is 0 Å². The molecule has 4 heteroatoms. The van der Waals surface area contributed by atoms with Gasteiger partial charge in [0.2, 0.25) is 0 Å². The molecular formula is C12H19NO3. The van der Waals surface area contributed by atoms with Crippen LogP contribution in [0.1, 0.15) is 35.0 Å². The summed E-state index contributed by atoms with van der Waals surface area (Å²) in [6.07, 6.45) is -1.32. The molecule has 0 bridgehead atoms. The van der Waals surface area contributed by atoms with Gasteiger partial charge in [-0.2, -0.15) is 0 Å². The van der Waals surface area contributed by atoms with Crippen LogP contribution in [0.3, 0.4) is 0 Å². The Labute approximate surface area is 106 Å². The maximum Gasteiger partial charge on any atom is 0.160 e. The van der Waals surface area contributed by atoms with Gasteiger partial charge in [-0.25, -0.2) is 0 Å². The van der Waals surface area contributed by atoms with Crippen LogP contribution >= 0.6 is 0 Å². The zero-order chi connectivity index (χ0) is 18.1. The molecule has 90 valence electrons. The molecule has 1 atom stereocenters. The Morgan fingerprint density at radius 3 is 2.88 bits per heavy atom. The molecule has 3 N–H and O–H groups in total. The lowest BCUT2D eigenvalue weighted by Crippen LogP contribution is -2.27. The van der Waals surface area contributed by atoms with Crippen LogP contribution in [0, 0.1) is 0 Å². The first-order valence-electron chi connectivity index (χ1n) is 8.13. The van der Waals surface area contributed by atoms with E-state index in [-0.39, 0.29) is 17.1 Å².